The number of hydrogen-bond donors (Lipinski definition) is 4. The number of rotatable bonds is 1. The van der Waals surface area contributed by atoms with Crippen LogP contribution < -0.4 is 22.9 Å². The van der Waals surface area contributed by atoms with E-state index in [0.29, 0.717) is 22.7 Å². The van der Waals surface area contributed by atoms with Crippen molar-refractivity contribution in [3.8, 4) is 11.1 Å². The Morgan fingerprint density at radius 1 is 0.556 bits per heavy atom. The Bertz CT molecular complexity index is 562. The second kappa shape index (κ2) is 4.14. The van der Waals surface area contributed by atoms with Crippen molar-refractivity contribution in [2.24, 2.45) is 0 Å². The molecule has 2 rings (SSSR count). The maximum Gasteiger partial charge on any atom is 0.0554 e. The van der Waals surface area contributed by atoms with E-state index < -0.39 is 0 Å². The zero-order chi connectivity index (χ0) is 13.4. The highest BCUT2D eigenvalue weighted by Crippen LogP contribution is 2.34. The van der Waals surface area contributed by atoms with Gasteiger partial charge in [0.25, 0.3) is 0 Å². The minimum atomic E-state index is 0.574. The van der Waals surface area contributed by atoms with Gasteiger partial charge in [0.05, 0.1) is 22.7 Å². The highest BCUT2D eigenvalue weighted by Gasteiger charge is 2.10. The molecule has 0 radical (unpaired) electrons. The Hall–Kier alpha value is -2.36. The van der Waals surface area contributed by atoms with Gasteiger partial charge in [-0.2, -0.15) is 0 Å². The van der Waals surface area contributed by atoms with E-state index in [2.05, 4.69) is 0 Å². The first-order valence-corrected chi connectivity index (χ1v) is 5.71. The average molecular weight is 242 g/mol. The molecule has 4 nitrogen and oxygen atoms in total. The molecule has 8 N–H and O–H groups in total. The van der Waals surface area contributed by atoms with Crippen molar-refractivity contribution < 1.29 is 0 Å². The van der Waals surface area contributed by atoms with Crippen LogP contribution >= 0.6 is 0 Å². The molecule has 0 amide bonds. The molecule has 0 aliphatic carbocycles. The van der Waals surface area contributed by atoms with E-state index in [1.165, 1.54) is 0 Å². The summed E-state index contributed by atoms with van der Waals surface area (Å²) in [6.45, 7) is 3.99. The topological polar surface area (TPSA) is 104 Å². The van der Waals surface area contributed by atoms with Gasteiger partial charge in [0.2, 0.25) is 0 Å². The normalized spacial score (nSPS) is 10.6. The molecule has 0 unspecified atom stereocenters. The number of nitrogens with two attached hydrogens (primary N) is 4. The second-order valence-electron chi connectivity index (χ2n) is 4.59. The van der Waals surface area contributed by atoms with Gasteiger partial charge in [0.15, 0.2) is 0 Å². The fraction of sp³-hybridized carbons (Fsp3) is 0.143. The van der Waals surface area contributed by atoms with Crippen LogP contribution in [0.25, 0.3) is 11.1 Å². The first-order chi connectivity index (χ1) is 8.40. The van der Waals surface area contributed by atoms with Crippen molar-refractivity contribution in [1.29, 1.82) is 0 Å². The summed E-state index contributed by atoms with van der Waals surface area (Å²) in [7, 11) is 0. The number of nitrogen functional groups attached to an aromatic ring is 4. The predicted octanol–water partition coefficient (Wildman–Crippen LogP) is 2.30. The molecule has 0 heterocycles. The average Bonchev–Trinajstić information content (AvgIpc) is 2.29. The van der Waals surface area contributed by atoms with Gasteiger partial charge in [0, 0.05) is 0 Å². The van der Waals surface area contributed by atoms with Gasteiger partial charge < -0.3 is 22.9 Å². The van der Waals surface area contributed by atoms with Crippen molar-refractivity contribution in [2.45, 2.75) is 13.8 Å². The van der Waals surface area contributed by atoms with Crippen LogP contribution in [0.2, 0.25) is 0 Å². The third-order valence-corrected chi connectivity index (χ3v) is 3.15. The van der Waals surface area contributed by atoms with Gasteiger partial charge in [-0.3, -0.25) is 0 Å². The summed E-state index contributed by atoms with van der Waals surface area (Å²) in [5, 5.41) is 0. The van der Waals surface area contributed by atoms with Crippen LogP contribution in [0.3, 0.4) is 0 Å². The lowest BCUT2D eigenvalue weighted by atomic mass is 9.94. The van der Waals surface area contributed by atoms with E-state index in [1.54, 1.807) is 0 Å². The molecule has 0 saturated heterocycles. The number of hydrogen-bond acceptors (Lipinski definition) is 4. The maximum atomic E-state index is 5.86. The number of aryl methyl sites for hydroxylation is 2. The van der Waals surface area contributed by atoms with Crippen molar-refractivity contribution in [1.82, 2.24) is 0 Å². The molecule has 0 saturated carbocycles. The standard InChI is InChI=1S/C14H18N4/c1-7-3-11(15)13(17)5-9(7)10-6-14(18)12(16)4-8(10)2/h3-6H,15-18H2,1-2H3. The lowest BCUT2D eigenvalue weighted by molar-refractivity contribution is 1.41. The molecule has 18 heavy (non-hydrogen) atoms. The summed E-state index contributed by atoms with van der Waals surface area (Å²) in [6.07, 6.45) is 0. The van der Waals surface area contributed by atoms with E-state index in [1.807, 2.05) is 38.1 Å². The predicted molar refractivity (Wildman–Crippen MR) is 79.0 cm³/mol. The zero-order valence-corrected chi connectivity index (χ0v) is 10.6. The molecule has 0 aliphatic rings. The van der Waals surface area contributed by atoms with Crippen molar-refractivity contribution >= 4 is 22.7 Å². The SMILES string of the molecule is Cc1cc(N)c(N)cc1-c1cc(N)c(N)cc1C. The summed E-state index contributed by atoms with van der Waals surface area (Å²) in [5.74, 6) is 0. The number of benzene rings is 2. The summed E-state index contributed by atoms with van der Waals surface area (Å²) < 4.78 is 0. The molecular weight excluding hydrogens is 224 g/mol. The van der Waals surface area contributed by atoms with Gasteiger partial charge in [-0.25, -0.2) is 0 Å². The maximum absolute atomic E-state index is 5.86. The lowest BCUT2D eigenvalue weighted by Crippen LogP contribution is -2.00. The minimum Gasteiger partial charge on any atom is -0.397 e. The molecule has 0 aliphatic heterocycles. The fourth-order valence-corrected chi connectivity index (χ4v) is 2.07. The van der Waals surface area contributed by atoms with Crippen LogP contribution in [0.1, 0.15) is 11.1 Å². The van der Waals surface area contributed by atoms with Crippen LogP contribution in [0.15, 0.2) is 24.3 Å². The lowest BCUT2D eigenvalue weighted by Gasteiger charge is -2.14. The van der Waals surface area contributed by atoms with Crippen LogP contribution in [0, 0.1) is 13.8 Å². The van der Waals surface area contributed by atoms with E-state index in [4.69, 9.17) is 22.9 Å². The van der Waals surface area contributed by atoms with Gasteiger partial charge >= 0.3 is 0 Å². The first kappa shape index (κ1) is 12.1. The molecule has 0 atom stereocenters. The first-order valence-electron chi connectivity index (χ1n) is 5.71. The second-order valence-corrected chi connectivity index (χ2v) is 4.59. The van der Waals surface area contributed by atoms with E-state index >= 15 is 0 Å². The van der Waals surface area contributed by atoms with Crippen LogP contribution in [0.5, 0.6) is 0 Å². The Morgan fingerprint density at radius 3 is 1.17 bits per heavy atom. The molecular formula is C14H18N4. The van der Waals surface area contributed by atoms with Gasteiger partial charge in [-0.1, -0.05) is 0 Å². The van der Waals surface area contributed by atoms with Gasteiger partial charge in [-0.05, 0) is 60.4 Å². The Labute approximate surface area is 107 Å². The van der Waals surface area contributed by atoms with Crippen LogP contribution in [-0.2, 0) is 0 Å². The van der Waals surface area contributed by atoms with Crippen LogP contribution in [-0.4, -0.2) is 0 Å². The Kier molecular flexibility index (Phi) is 2.79. The molecule has 0 aromatic heterocycles. The summed E-state index contributed by atoms with van der Waals surface area (Å²) in [4.78, 5) is 0. The summed E-state index contributed by atoms with van der Waals surface area (Å²) in [6, 6.07) is 7.50. The zero-order valence-electron chi connectivity index (χ0n) is 10.6. The molecule has 0 spiro atoms. The van der Waals surface area contributed by atoms with Crippen molar-refractivity contribution in [3.05, 3.63) is 35.4 Å². The summed E-state index contributed by atoms with van der Waals surface area (Å²) in [5.41, 5.74) is 29.8. The monoisotopic (exact) mass is 242 g/mol. The molecule has 4 heteroatoms. The molecule has 2 aromatic carbocycles. The molecule has 0 bridgehead atoms. The summed E-state index contributed by atoms with van der Waals surface area (Å²) >= 11 is 0. The minimum absolute atomic E-state index is 0.574. The Balaban J connectivity index is 2.69. The van der Waals surface area contributed by atoms with Crippen LogP contribution in [0.4, 0.5) is 22.7 Å². The quantitative estimate of drug-likeness (QED) is 0.576. The molecule has 94 valence electrons. The fourth-order valence-electron chi connectivity index (χ4n) is 2.07. The Morgan fingerprint density at radius 2 is 0.833 bits per heavy atom. The molecule has 0 fully saturated rings. The number of anilines is 4. The largest absolute Gasteiger partial charge is 0.397 e. The third kappa shape index (κ3) is 1.93. The third-order valence-electron chi connectivity index (χ3n) is 3.15. The highest BCUT2D eigenvalue weighted by molar-refractivity contribution is 5.83. The van der Waals surface area contributed by atoms with Crippen molar-refractivity contribution in [2.75, 3.05) is 22.9 Å². The van der Waals surface area contributed by atoms with Gasteiger partial charge in [0.1, 0.15) is 0 Å². The van der Waals surface area contributed by atoms with E-state index in [0.717, 1.165) is 22.3 Å². The highest BCUT2D eigenvalue weighted by atomic mass is 14.7. The van der Waals surface area contributed by atoms with Gasteiger partial charge in [-0.15, -0.1) is 0 Å². The van der Waals surface area contributed by atoms with Crippen molar-refractivity contribution in [3.63, 3.8) is 0 Å². The van der Waals surface area contributed by atoms with E-state index in [-0.39, 0.29) is 0 Å². The molecule has 2 aromatic rings. The van der Waals surface area contributed by atoms with E-state index in [9.17, 15) is 0 Å². The smallest absolute Gasteiger partial charge is 0.0554 e.